The van der Waals surface area contributed by atoms with E-state index < -0.39 is 35.1 Å². The Balaban J connectivity index is 3.35. The van der Waals surface area contributed by atoms with Gasteiger partial charge in [0.05, 0.1) is 28.5 Å². The Morgan fingerprint density at radius 1 is 1.67 bits per heavy atom. The molecule has 0 unspecified atom stereocenters. The first-order chi connectivity index (χ1) is 8.38. The van der Waals surface area contributed by atoms with Crippen LogP contribution < -0.4 is 0 Å². The third-order valence-electron chi connectivity index (χ3n) is 2.08. The van der Waals surface area contributed by atoms with E-state index in [2.05, 4.69) is 25.7 Å². The number of esters is 1. The van der Waals surface area contributed by atoms with Crippen LogP contribution in [0.2, 0.25) is 0 Å². The van der Waals surface area contributed by atoms with E-state index in [-0.39, 0.29) is 10.0 Å². The van der Waals surface area contributed by atoms with Crippen molar-refractivity contribution in [3.63, 3.8) is 0 Å². The highest BCUT2D eigenvalue weighted by molar-refractivity contribution is 9.10. The molecule has 6 nitrogen and oxygen atoms in total. The van der Waals surface area contributed by atoms with E-state index in [0.29, 0.717) is 6.20 Å². The van der Waals surface area contributed by atoms with Gasteiger partial charge in [0.2, 0.25) is 0 Å². The number of alkyl halides is 2. The Kier molecular flexibility index (Phi) is 4.65. The molecule has 1 aromatic heterocycles. The minimum absolute atomic E-state index is 0.183. The first kappa shape index (κ1) is 14.4. The Morgan fingerprint density at radius 2 is 2.28 bits per heavy atom. The van der Waals surface area contributed by atoms with Crippen molar-refractivity contribution in [2.24, 2.45) is 0 Å². The molecule has 1 heterocycles. The van der Waals surface area contributed by atoms with Crippen LogP contribution in [0.15, 0.2) is 10.7 Å². The molecule has 1 aromatic rings. The summed E-state index contributed by atoms with van der Waals surface area (Å²) in [6.45, 7) is 0. The number of halogens is 3. The first-order valence-corrected chi connectivity index (χ1v) is 5.34. The summed E-state index contributed by atoms with van der Waals surface area (Å²) < 4.78 is 29.3. The maximum Gasteiger partial charge on any atom is 0.310 e. The van der Waals surface area contributed by atoms with Crippen LogP contribution >= 0.6 is 15.9 Å². The molecule has 0 amide bonds. The molecule has 1 rings (SSSR count). The fraction of sp³-hybridized carbons (Fsp3) is 0.333. The topological polar surface area (TPSA) is 82.3 Å². The zero-order valence-corrected chi connectivity index (χ0v) is 10.6. The lowest BCUT2D eigenvalue weighted by molar-refractivity contribution is -0.385. The van der Waals surface area contributed by atoms with Gasteiger partial charge in [-0.05, 0) is 15.9 Å². The fourth-order valence-electron chi connectivity index (χ4n) is 1.23. The van der Waals surface area contributed by atoms with E-state index >= 15 is 0 Å². The molecular formula is C9H7BrF2N2O4. The average Bonchev–Trinajstić information content (AvgIpc) is 2.30. The number of hydrogen-bond donors (Lipinski definition) is 0. The smallest absolute Gasteiger partial charge is 0.310 e. The molecule has 0 atom stereocenters. The van der Waals surface area contributed by atoms with Gasteiger partial charge in [0.25, 0.3) is 12.1 Å². The average molecular weight is 325 g/mol. The second-order valence-corrected chi connectivity index (χ2v) is 3.92. The number of pyridine rings is 1. The van der Waals surface area contributed by atoms with E-state index in [1.807, 2.05) is 0 Å². The zero-order valence-electron chi connectivity index (χ0n) is 9.02. The van der Waals surface area contributed by atoms with E-state index in [1.54, 1.807) is 0 Å². The zero-order chi connectivity index (χ0) is 13.9. The molecule has 0 bridgehead atoms. The van der Waals surface area contributed by atoms with Gasteiger partial charge in [0, 0.05) is 0 Å². The molecule has 0 aliphatic carbocycles. The normalized spacial score (nSPS) is 10.5. The van der Waals surface area contributed by atoms with Crippen molar-refractivity contribution in [2.75, 3.05) is 7.11 Å². The summed E-state index contributed by atoms with van der Waals surface area (Å²) >= 11 is 2.80. The second-order valence-electron chi connectivity index (χ2n) is 3.13. The van der Waals surface area contributed by atoms with E-state index in [9.17, 15) is 23.7 Å². The molecule has 9 heteroatoms. The fourth-order valence-corrected chi connectivity index (χ4v) is 1.85. The molecule has 0 saturated heterocycles. The largest absolute Gasteiger partial charge is 0.469 e. The highest BCUT2D eigenvalue weighted by Gasteiger charge is 2.26. The third kappa shape index (κ3) is 2.97. The van der Waals surface area contributed by atoms with Crippen molar-refractivity contribution in [1.29, 1.82) is 0 Å². The van der Waals surface area contributed by atoms with Gasteiger partial charge in [-0.2, -0.15) is 0 Å². The van der Waals surface area contributed by atoms with Crippen LogP contribution in [-0.2, 0) is 16.0 Å². The molecule has 98 valence electrons. The monoisotopic (exact) mass is 324 g/mol. The van der Waals surface area contributed by atoms with Crippen molar-refractivity contribution in [1.82, 2.24) is 4.98 Å². The van der Waals surface area contributed by atoms with Crippen molar-refractivity contribution in [3.05, 3.63) is 32.0 Å². The van der Waals surface area contributed by atoms with Crippen LogP contribution in [0, 0.1) is 10.1 Å². The molecule has 0 radical (unpaired) electrons. The first-order valence-electron chi connectivity index (χ1n) is 4.55. The second kappa shape index (κ2) is 5.80. The molecular weight excluding hydrogens is 318 g/mol. The Labute approximate surface area is 108 Å². The molecule has 0 saturated carbocycles. The lowest BCUT2D eigenvalue weighted by Crippen LogP contribution is -2.10. The lowest BCUT2D eigenvalue weighted by Gasteiger charge is -2.08. The summed E-state index contributed by atoms with van der Waals surface area (Å²) in [7, 11) is 1.09. The van der Waals surface area contributed by atoms with Crippen LogP contribution in [0.3, 0.4) is 0 Å². The van der Waals surface area contributed by atoms with Gasteiger partial charge in [-0.3, -0.25) is 14.9 Å². The summed E-state index contributed by atoms with van der Waals surface area (Å²) in [6.07, 6.45) is -2.70. The number of nitro groups is 1. The van der Waals surface area contributed by atoms with Gasteiger partial charge in [-0.15, -0.1) is 0 Å². The summed E-state index contributed by atoms with van der Waals surface area (Å²) in [5, 5.41) is 10.7. The predicted molar refractivity (Wildman–Crippen MR) is 59.3 cm³/mol. The van der Waals surface area contributed by atoms with Crippen molar-refractivity contribution in [2.45, 2.75) is 12.8 Å². The third-order valence-corrected chi connectivity index (χ3v) is 2.96. The summed E-state index contributed by atoms with van der Waals surface area (Å²) in [6, 6.07) is 0. The Morgan fingerprint density at radius 3 is 2.72 bits per heavy atom. The van der Waals surface area contributed by atoms with Gasteiger partial charge >= 0.3 is 5.97 Å². The van der Waals surface area contributed by atoms with Gasteiger partial charge < -0.3 is 4.74 Å². The summed E-state index contributed by atoms with van der Waals surface area (Å²) in [5.41, 5.74) is -1.35. The van der Waals surface area contributed by atoms with E-state index in [4.69, 9.17) is 0 Å². The maximum absolute atomic E-state index is 12.6. The standard InChI is InChI=1S/C9H7BrF2N2O4/c1-18-6(15)2-4-5(14(16)17)3-13-8(7(4)10)9(11)12/h3,9H,2H2,1H3. The quantitative estimate of drug-likeness (QED) is 0.482. The van der Waals surface area contributed by atoms with Gasteiger partial charge in [0.15, 0.2) is 0 Å². The molecule has 0 fully saturated rings. The Bertz CT molecular complexity index is 496. The number of rotatable bonds is 4. The molecule has 0 aliphatic heterocycles. The number of aromatic nitrogens is 1. The molecule has 0 aromatic carbocycles. The number of methoxy groups -OCH3 is 1. The summed E-state index contributed by atoms with van der Waals surface area (Å²) in [4.78, 5) is 24.3. The number of nitrogens with zero attached hydrogens (tertiary/aromatic N) is 2. The number of carbonyl (C=O) groups is 1. The van der Waals surface area contributed by atoms with Crippen molar-refractivity contribution >= 4 is 27.6 Å². The molecule has 0 spiro atoms. The number of carbonyl (C=O) groups excluding carboxylic acids is 1. The van der Waals surface area contributed by atoms with Crippen LogP contribution in [0.1, 0.15) is 17.7 Å². The highest BCUT2D eigenvalue weighted by Crippen LogP contribution is 2.33. The molecule has 0 N–H and O–H groups in total. The lowest BCUT2D eigenvalue weighted by atomic mass is 10.1. The van der Waals surface area contributed by atoms with E-state index in [1.165, 1.54) is 0 Å². The predicted octanol–water partition coefficient (Wildman–Crippen LogP) is 2.41. The summed E-state index contributed by atoms with van der Waals surface area (Å²) in [5.74, 6) is -0.773. The highest BCUT2D eigenvalue weighted by atomic mass is 79.9. The van der Waals surface area contributed by atoms with Gasteiger partial charge in [-0.1, -0.05) is 0 Å². The van der Waals surface area contributed by atoms with Crippen LogP contribution in [-0.4, -0.2) is 23.0 Å². The SMILES string of the molecule is COC(=O)Cc1c([N+](=O)[O-])cnc(C(F)F)c1Br. The van der Waals surface area contributed by atoms with Crippen LogP contribution in [0.5, 0.6) is 0 Å². The molecule has 0 aliphatic rings. The molecule has 18 heavy (non-hydrogen) atoms. The van der Waals surface area contributed by atoms with Gasteiger partial charge in [0.1, 0.15) is 11.9 Å². The van der Waals surface area contributed by atoms with Crippen LogP contribution in [0.25, 0.3) is 0 Å². The Hall–Kier alpha value is -1.64. The van der Waals surface area contributed by atoms with Crippen molar-refractivity contribution < 1.29 is 23.2 Å². The van der Waals surface area contributed by atoms with E-state index in [0.717, 1.165) is 7.11 Å². The number of hydrogen-bond acceptors (Lipinski definition) is 5. The minimum atomic E-state index is -2.91. The minimum Gasteiger partial charge on any atom is -0.469 e. The maximum atomic E-state index is 12.6. The number of ether oxygens (including phenoxy) is 1. The van der Waals surface area contributed by atoms with Crippen molar-refractivity contribution in [3.8, 4) is 0 Å². The van der Waals surface area contributed by atoms with Crippen LogP contribution in [0.4, 0.5) is 14.5 Å². The van der Waals surface area contributed by atoms with Gasteiger partial charge in [-0.25, -0.2) is 13.8 Å².